The number of carbonyl (C=O) groups excluding carboxylic acids is 1. The van der Waals surface area contributed by atoms with Crippen molar-refractivity contribution >= 4 is 44.8 Å². The molecule has 1 saturated heterocycles. The molecular weight excluding hydrogens is 337 g/mol. The van der Waals surface area contributed by atoms with Gasteiger partial charge in [0.25, 0.3) is 0 Å². The predicted molar refractivity (Wildman–Crippen MR) is 81.9 cm³/mol. The summed E-state index contributed by atoms with van der Waals surface area (Å²) in [6.07, 6.45) is 0.548. The molecule has 0 aliphatic carbocycles. The van der Waals surface area contributed by atoms with Crippen molar-refractivity contribution in [1.29, 1.82) is 0 Å². The molecule has 0 unspecified atom stereocenters. The zero-order valence-electron chi connectivity index (χ0n) is 11.3. The average Bonchev–Trinajstić information content (AvgIpc) is 2.50. The quantitative estimate of drug-likeness (QED) is 0.816. The van der Waals surface area contributed by atoms with Crippen molar-refractivity contribution < 1.29 is 13.2 Å². The Morgan fingerprint density at radius 3 is 2.52 bits per heavy atom. The summed E-state index contributed by atoms with van der Waals surface area (Å²) < 4.78 is 26.5. The molecule has 6 nitrogen and oxygen atoms in total. The second-order valence-corrected chi connectivity index (χ2v) is 7.53. The fourth-order valence-corrected chi connectivity index (χ4v) is 4.52. The summed E-state index contributed by atoms with van der Waals surface area (Å²) in [5, 5.41) is 0.202. The number of sulfonamides is 1. The maximum atomic E-state index is 12.7. The number of hydrogen-bond donors (Lipinski definition) is 1. The standard InChI is InChI=1S/C12H15Cl2N3O3S/c1-16-3-2-4-17(7-11(16)18)21(19,20)12-9(14)5-8(13)6-10(12)15/h5-6H,2-4,7,15H2,1H3. The van der Waals surface area contributed by atoms with E-state index in [1.807, 2.05) is 0 Å². The van der Waals surface area contributed by atoms with Gasteiger partial charge < -0.3 is 10.6 Å². The minimum Gasteiger partial charge on any atom is -0.398 e. The van der Waals surface area contributed by atoms with Crippen molar-refractivity contribution in [3.8, 4) is 0 Å². The summed E-state index contributed by atoms with van der Waals surface area (Å²) in [4.78, 5) is 13.2. The molecule has 1 amide bonds. The fourth-order valence-electron chi connectivity index (χ4n) is 2.15. The van der Waals surface area contributed by atoms with Crippen LogP contribution in [0.2, 0.25) is 10.0 Å². The van der Waals surface area contributed by atoms with E-state index in [9.17, 15) is 13.2 Å². The fraction of sp³-hybridized carbons (Fsp3) is 0.417. The predicted octanol–water partition coefficient (Wildman–Crippen LogP) is 1.43. The molecule has 0 aromatic heterocycles. The van der Waals surface area contributed by atoms with Gasteiger partial charge in [-0.1, -0.05) is 23.2 Å². The van der Waals surface area contributed by atoms with Gasteiger partial charge in [-0.15, -0.1) is 0 Å². The van der Waals surface area contributed by atoms with Crippen LogP contribution >= 0.6 is 23.2 Å². The molecule has 0 spiro atoms. The number of anilines is 1. The summed E-state index contributed by atoms with van der Waals surface area (Å²) in [6, 6.07) is 2.64. The minimum atomic E-state index is -3.95. The lowest BCUT2D eigenvalue weighted by molar-refractivity contribution is -0.129. The molecule has 1 aromatic rings. The number of nitrogens with two attached hydrogens (primary N) is 1. The molecule has 2 N–H and O–H groups in total. The van der Waals surface area contributed by atoms with Crippen LogP contribution in [0.15, 0.2) is 17.0 Å². The lowest BCUT2D eigenvalue weighted by Gasteiger charge is -2.21. The SMILES string of the molecule is CN1CCCN(S(=O)(=O)c2c(N)cc(Cl)cc2Cl)CC1=O. The van der Waals surface area contributed by atoms with E-state index in [-0.39, 0.29) is 39.6 Å². The second-order valence-electron chi connectivity index (χ2n) is 4.81. The van der Waals surface area contributed by atoms with Crippen molar-refractivity contribution in [2.75, 3.05) is 32.4 Å². The molecule has 0 atom stereocenters. The third kappa shape index (κ3) is 3.26. The van der Waals surface area contributed by atoms with Crippen LogP contribution < -0.4 is 5.73 Å². The number of hydrogen-bond acceptors (Lipinski definition) is 4. The minimum absolute atomic E-state index is 0.0300. The number of likely N-dealkylation sites (N-methyl/N-ethyl adjacent to an activating group) is 1. The molecular formula is C12H15Cl2N3O3S. The first-order valence-electron chi connectivity index (χ1n) is 6.22. The average molecular weight is 352 g/mol. The zero-order valence-corrected chi connectivity index (χ0v) is 13.7. The van der Waals surface area contributed by atoms with Gasteiger partial charge in [-0.05, 0) is 18.6 Å². The van der Waals surface area contributed by atoms with E-state index < -0.39 is 10.0 Å². The molecule has 2 rings (SSSR count). The van der Waals surface area contributed by atoms with Crippen LogP contribution in [0.1, 0.15) is 6.42 Å². The van der Waals surface area contributed by atoms with Crippen LogP contribution in [0, 0.1) is 0 Å². The summed E-state index contributed by atoms with van der Waals surface area (Å²) in [7, 11) is -2.31. The van der Waals surface area contributed by atoms with Gasteiger partial charge in [0.1, 0.15) is 4.90 Å². The van der Waals surface area contributed by atoms with Crippen LogP contribution in [-0.2, 0) is 14.8 Å². The van der Waals surface area contributed by atoms with E-state index in [0.717, 1.165) is 4.31 Å². The number of nitrogen functional groups attached to an aromatic ring is 1. The van der Waals surface area contributed by atoms with Gasteiger partial charge in [-0.3, -0.25) is 4.79 Å². The zero-order chi connectivity index (χ0) is 15.8. The highest BCUT2D eigenvalue weighted by molar-refractivity contribution is 7.89. The molecule has 9 heteroatoms. The highest BCUT2D eigenvalue weighted by Gasteiger charge is 2.32. The Morgan fingerprint density at radius 2 is 1.90 bits per heavy atom. The molecule has 1 heterocycles. The summed E-state index contributed by atoms with van der Waals surface area (Å²) in [6.45, 7) is 0.517. The van der Waals surface area contributed by atoms with Crippen molar-refractivity contribution in [3.63, 3.8) is 0 Å². The highest BCUT2D eigenvalue weighted by Crippen LogP contribution is 2.33. The van der Waals surface area contributed by atoms with E-state index in [1.165, 1.54) is 17.0 Å². The Hall–Kier alpha value is -1.02. The van der Waals surface area contributed by atoms with E-state index in [1.54, 1.807) is 7.05 Å². The van der Waals surface area contributed by atoms with Gasteiger partial charge in [0, 0.05) is 25.2 Å². The highest BCUT2D eigenvalue weighted by atomic mass is 35.5. The van der Waals surface area contributed by atoms with Crippen LogP contribution in [0.3, 0.4) is 0 Å². The molecule has 0 radical (unpaired) electrons. The number of amides is 1. The van der Waals surface area contributed by atoms with Crippen LogP contribution in [0.25, 0.3) is 0 Å². The van der Waals surface area contributed by atoms with Gasteiger partial charge in [-0.25, -0.2) is 8.42 Å². The third-order valence-electron chi connectivity index (χ3n) is 3.27. The third-order valence-corrected chi connectivity index (χ3v) is 5.86. The largest absolute Gasteiger partial charge is 0.398 e. The van der Waals surface area contributed by atoms with Crippen molar-refractivity contribution in [3.05, 3.63) is 22.2 Å². The first-order valence-corrected chi connectivity index (χ1v) is 8.41. The Balaban J connectivity index is 2.45. The molecule has 0 bridgehead atoms. The molecule has 0 saturated carbocycles. The summed E-state index contributed by atoms with van der Waals surface area (Å²) in [5.74, 6) is -0.264. The van der Waals surface area contributed by atoms with Crippen LogP contribution in [-0.4, -0.2) is 50.2 Å². The van der Waals surface area contributed by atoms with Crippen LogP contribution in [0.5, 0.6) is 0 Å². The number of halogens is 2. The summed E-state index contributed by atoms with van der Waals surface area (Å²) in [5.41, 5.74) is 5.72. The van der Waals surface area contributed by atoms with Gasteiger partial charge in [0.15, 0.2) is 0 Å². The molecule has 1 aromatic carbocycles. The van der Waals surface area contributed by atoms with Gasteiger partial charge in [0.2, 0.25) is 15.9 Å². The molecule has 21 heavy (non-hydrogen) atoms. The van der Waals surface area contributed by atoms with Crippen molar-refractivity contribution in [2.24, 2.45) is 0 Å². The van der Waals surface area contributed by atoms with Crippen molar-refractivity contribution in [1.82, 2.24) is 9.21 Å². The topological polar surface area (TPSA) is 83.7 Å². The Morgan fingerprint density at radius 1 is 1.24 bits per heavy atom. The molecule has 1 aliphatic rings. The molecule has 1 aliphatic heterocycles. The molecule has 1 fully saturated rings. The second kappa shape index (κ2) is 6.00. The smallest absolute Gasteiger partial charge is 0.247 e. The monoisotopic (exact) mass is 351 g/mol. The Labute approximate surface area is 133 Å². The number of rotatable bonds is 2. The van der Waals surface area contributed by atoms with Crippen LogP contribution in [0.4, 0.5) is 5.69 Å². The Bertz CT molecular complexity index is 655. The molecule has 116 valence electrons. The number of benzene rings is 1. The first-order chi connectivity index (χ1) is 9.73. The van der Waals surface area contributed by atoms with Gasteiger partial charge >= 0.3 is 0 Å². The van der Waals surface area contributed by atoms with Gasteiger partial charge in [-0.2, -0.15) is 4.31 Å². The van der Waals surface area contributed by atoms with Gasteiger partial charge in [0.05, 0.1) is 17.3 Å². The first kappa shape index (κ1) is 16.4. The maximum Gasteiger partial charge on any atom is 0.247 e. The normalized spacial score (nSPS) is 17.9. The Kier molecular flexibility index (Phi) is 4.67. The van der Waals surface area contributed by atoms with E-state index in [2.05, 4.69) is 0 Å². The maximum absolute atomic E-state index is 12.7. The van der Waals surface area contributed by atoms with E-state index in [0.29, 0.717) is 13.0 Å². The van der Waals surface area contributed by atoms with E-state index in [4.69, 9.17) is 28.9 Å². The lowest BCUT2D eigenvalue weighted by atomic mass is 10.3. The van der Waals surface area contributed by atoms with E-state index >= 15 is 0 Å². The van der Waals surface area contributed by atoms with Crippen molar-refractivity contribution in [2.45, 2.75) is 11.3 Å². The number of carbonyl (C=O) groups is 1. The lowest BCUT2D eigenvalue weighted by Crippen LogP contribution is -2.38. The summed E-state index contributed by atoms with van der Waals surface area (Å²) >= 11 is 11.8. The number of nitrogens with zero attached hydrogens (tertiary/aromatic N) is 2.